The number of nitrogens with zero attached hydrogens (tertiary/aromatic N) is 1. The molecule has 78 valence electrons. The Bertz CT molecular complexity index is 432. The van der Waals surface area contributed by atoms with Crippen LogP contribution in [0.15, 0.2) is 36.4 Å². The largest absolute Gasteiger partial charge is 0.297 e. The first-order valence-corrected chi connectivity index (χ1v) is 5.16. The number of aryl methyl sites for hydroxylation is 1. The highest BCUT2D eigenvalue weighted by Crippen LogP contribution is 2.15. The maximum atomic E-state index is 13.5. The summed E-state index contributed by atoms with van der Waals surface area (Å²) in [7, 11) is 1.80. The molecule has 0 N–H and O–H groups in total. The number of benzene rings is 1. The van der Waals surface area contributed by atoms with Crippen molar-refractivity contribution in [3.05, 3.63) is 47.5 Å². The second-order valence-corrected chi connectivity index (χ2v) is 3.88. The summed E-state index contributed by atoms with van der Waals surface area (Å²) < 4.78 is 15.2. The molecule has 1 aliphatic heterocycles. The average molecular weight is 204 g/mol. The highest BCUT2D eigenvalue weighted by Gasteiger charge is 2.23. The van der Waals surface area contributed by atoms with E-state index in [2.05, 4.69) is 0 Å². The Hall–Kier alpha value is -1.44. The molecule has 1 nitrogen and oxygen atoms in total. The van der Waals surface area contributed by atoms with E-state index in [1.807, 2.05) is 43.3 Å². The van der Waals surface area contributed by atoms with Gasteiger partial charge in [0.05, 0.1) is 6.42 Å². The summed E-state index contributed by atoms with van der Waals surface area (Å²) >= 11 is 0. The van der Waals surface area contributed by atoms with Crippen LogP contribution in [0.1, 0.15) is 17.5 Å². The van der Waals surface area contributed by atoms with Crippen LogP contribution in [0.2, 0.25) is 0 Å². The summed E-state index contributed by atoms with van der Waals surface area (Å²) in [6.45, 7) is 2.05. The molecule has 1 aliphatic rings. The molecule has 0 radical (unpaired) electrons. The maximum absolute atomic E-state index is 13.5. The van der Waals surface area contributed by atoms with Gasteiger partial charge in [-0.15, -0.1) is 0 Å². The molecule has 2 rings (SSSR count). The summed E-state index contributed by atoms with van der Waals surface area (Å²) in [4.78, 5) is 0. The van der Waals surface area contributed by atoms with Crippen LogP contribution in [0.3, 0.4) is 0 Å². The molecule has 0 fully saturated rings. The second-order valence-electron chi connectivity index (χ2n) is 3.88. The van der Waals surface area contributed by atoms with Crippen LogP contribution < -0.4 is 0 Å². The molecule has 1 unspecified atom stereocenters. The van der Waals surface area contributed by atoms with Gasteiger partial charge in [-0.1, -0.05) is 24.3 Å². The minimum atomic E-state index is -0.899. The van der Waals surface area contributed by atoms with Crippen LogP contribution in [-0.2, 0) is 0 Å². The summed E-state index contributed by atoms with van der Waals surface area (Å²) in [5.74, 6) is 0. The molecule has 0 saturated heterocycles. The van der Waals surface area contributed by atoms with E-state index < -0.39 is 6.30 Å². The van der Waals surface area contributed by atoms with Gasteiger partial charge in [0.15, 0.2) is 0 Å². The van der Waals surface area contributed by atoms with Crippen molar-refractivity contribution in [3.63, 3.8) is 0 Å². The molecular weight excluding hydrogens is 189 g/mol. The fraction of sp³-hybridized carbons (Fsp3) is 0.308. The van der Waals surface area contributed by atoms with Gasteiger partial charge < -0.3 is 0 Å². The Morgan fingerprint density at radius 1 is 1.33 bits per heavy atom. The minimum absolute atomic E-state index is 0.478. The molecule has 0 aliphatic carbocycles. The lowest BCUT2D eigenvalue weighted by molar-refractivity contribution is -0.567. The van der Waals surface area contributed by atoms with E-state index in [0.29, 0.717) is 6.42 Å². The maximum Gasteiger partial charge on any atom is 0.297 e. The van der Waals surface area contributed by atoms with E-state index >= 15 is 0 Å². The van der Waals surface area contributed by atoms with E-state index in [1.54, 1.807) is 11.6 Å². The molecule has 2 heteroatoms. The summed E-state index contributed by atoms with van der Waals surface area (Å²) in [6.07, 6.45) is 3.47. The van der Waals surface area contributed by atoms with Crippen molar-refractivity contribution in [3.8, 4) is 0 Å². The normalized spacial score (nSPS) is 20.9. The molecule has 1 atom stereocenters. The van der Waals surface area contributed by atoms with E-state index in [9.17, 15) is 4.39 Å². The third-order valence-electron chi connectivity index (χ3n) is 2.83. The smallest absolute Gasteiger partial charge is 0.201 e. The summed E-state index contributed by atoms with van der Waals surface area (Å²) in [6, 6.07) is 8.06. The first-order chi connectivity index (χ1) is 7.20. The predicted octanol–water partition coefficient (Wildman–Crippen LogP) is 2.68. The highest BCUT2D eigenvalue weighted by atomic mass is 19.1. The van der Waals surface area contributed by atoms with Gasteiger partial charge in [0.25, 0.3) is 6.30 Å². The molecule has 0 spiro atoms. The van der Waals surface area contributed by atoms with Gasteiger partial charge >= 0.3 is 0 Å². The summed E-state index contributed by atoms with van der Waals surface area (Å²) in [5, 5.41) is 0. The fourth-order valence-corrected chi connectivity index (χ4v) is 1.86. The Labute approximate surface area is 89.6 Å². The van der Waals surface area contributed by atoms with Crippen LogP contribution >= 0.6 is 0 Å². The first kappa shape index (κ1) is 10.1. The molecule has 1 aromatic carbocycles. The highest BCUT2D eigenvalue weighted by molar-refractivity contribution is 6.06. The van der Waals surface area contributed by atoms with Crippen molar-refractivity contribution in [1.82, 2.24) is 0 Å². The quantitative estimate of drug-likeness (QED) is 0.489. The van der Waals surface area contributed by atoms with Gasteiger partial charge in [-0.3, -0.25) is 0 Å². The van der Waals surface area contributed by atoms with E-state index in [1.165, 1.54) is 5.56 Å². The SMILES string of the molecule is Cc1ccccc1C1=[N+](C)C(F)CC=C1. The first-order valence-electron chi connectivity index (χ1n) is 5.16. The van der Waals surface area contributed by atoms with Crippen LogP contribution in [0.4, 0.5) is 4.39 Å². The lowest BCUT2D eigenvalue weighted by Gasteiger charge is -2.12. The number of halogens is 1. The standard InChI is InChI=1S/C13H15FN/c1-10-6-3-4-7-11(10)12-8-5-9-13(14)15(12)2/h3-8,13H,9H2,1-2H3/q+1. The van der Waals surface area contributed by atoms with Gasteiger partial charge in [-0.05, 0) is 18.6 Å². The number of rotatable bonds is 1. The molecule has 0 bridgehead atoms. The van der Waals surface area contributed by atoms with Gasteiger partial charge in [-0.25, -0.2) is 4.58 Å². The third-order valence-corrected chi connectivity index (χ3v) is 2.83. The Morgan fingerprint density at radius 2 is 2.07 bits per heavy atom. The number of alkyl halides is 1. The Kier molecular flexibility index (Phi) is 2.67. The second kappa shape index (κ2) is 3.97. The molecule has 0 saturated carbocycles. The van der Waals surface area contributed by atoms with Crippen molar-refractivity contribution >= 4 is 5.71 Å². The van der Waals surface area contributed by atoms with Crippen LogP contribution in [0.5, 0.6) is 0 Å². The summed E-state index contributed by atoms with van der Waals surface area (Å²) in [5.41, 5.74) is 3.25. The third kappa shape index (κ3) is 1.84. The van der Waals surface area contributed by atoms with Crippen molar-refractivity contribution in [2.24, 2.45) is 0 Å². The van der Waals surface area contributed by atoms with Crippen LogP contribution in [0.25, 0.3) is 0 Å². The van der Waals surface area contributed by atoms with Gasteiger partial charge in [0, 0.05) is 11.6 Å². The van der Waals surface area contributed by atoms with Gasteiger partial charge in [0.2, 0.25) is 5.71 Å². The van der Waals surface area contributed by atoms with Crippen molar-refractivity contribution < 1.29 is 8.97 Å². The Balaban J connectivity index is 2.52. The lowest BCUT2D eigenvalue weighted by atomic mass is 10.0. The van der Waals surface area contributed by atoms with Crippen molar-refractivity contribution in [1.29, 1.82) is 0 Å². The van der Waals surface area contributed by atoms with Crippen molar-refractivity contribution in [2.45, 2.75) is 19.6 Å². The number of hydrogen-bond donors (Lipinski definition) is 0. The molecule has 1 aromatic rings. The van der Waals surface area contributed by atoms with E-state index in [0.717, 1.165) is 11.3 Å². The molecule has 0 aromatic heterocycles. The van der Waals surface area contributed by atoms with E-state index in [4.69, 9.17) is 0 Å². The predicted molar refractivity (Wildman–Crippen MR) is 60.1 cm³/mol. The van der Waals surface area contributed by atoms with Crippen LogP contribution in [-0.4, -0.2) is 23.6 Å². The lowest BCUT2D eigenvalue weighted by Crippen LogP contribution is -2.28. The Morgan fingerprint density at radius 3 is 2.80 bits per heavy atom. The minimum Gasteiger partial charge on any atom is -0.201 e. The molecule has 0 amide bonds. The van der Waals surface area contributed by atoms with Gasteiger partial charge in [-0.2, -0.15) is 4.39 Å². The fourth-order valence-electron chi connectivity index (χ4n) is 1.86. The number of allylic oxidation sites excluding steroid dienone is 1. The van der Waals surface area contributed by atoms with E-state index in [-0.39, 0.29) is 0 Å². The monoisotopic (exact) mass is 204 g/mol. The number of hydrogen-bond acceptors (Lipinski definition) is 0. The molecular formula is C13H15FN+. The zero-order valence-corrected chi connectivity index (χ0v) is 9.07. The van der Waals surface area contributed by atoms with Crippen LogP contribution in [0, 0.1) is 6.92 Å². The van der Waals surface area contributed by atoms with Gasteiger partial charge in [0.1, 0.15) is 7.05 Å². The van der Waals surface area contributed by atoms with Crippen molar-refractivity contribution in [2.75, 3.05) is 7.05 Å². The zero-order valence-electron chi connectivity index (χ0n) is 9.07. The topological polar surface area (TPSA) is 3.01 Å². The average Bonchev–Trinajstić information content (AvgIpc) is 2.23. The zero-order chi connectivity index (χ0) is 10.8. The molecule has 1 heterocycles. The molecule has 15 heavy (non-hydrogen) atoms.